The highest BCUT2D eigenvalue weighted by molar-refractivity contribution is 6.37. The number of pyridine rings is 1. The fourth-order valence-corrected chi connectivity index (χ4v) is 4.51. The van der Waals surface area contributed by atoms with Gasteiger partial charge in [0, 0.05) is 44.5 Å². The van der Waals surface area contributed by atoms with Crippen molar-refractivity contribution >= 4 is 29.0 Å². The molecule has 2 aromatic rings. The zero-order valence-electron chi connectivity index (χ0n) is 24.3. The summed E-state index contributed by atoms with van der Waals surface area (Å²) in [4.78, 5) is 80.3. The maximum Gasteiger partial charge on any atom is 0.270 e. The molecule has 10 heteroatoms. The molecule has 0 radical (unpaired) electrons. The maximum atomic E-state index is 13.3. The molecular formula is C30H42N4O6. The monoisotopic (exact) mass is 554 g/mol. The molecule has 0 saturated carbocycles. The van der Waals surface area contributed by atoms with Crippen LogP contribution in [0.5, 0.6) is 0 Å². The van der Waals surface area contributed by atoms with Gasteiger partial charge in [-0.15, -0.1) is 0 Å². The molecule has 0 aliphatic heterocycles. The fourth-order valence-electron chi connectivity index (χ4n) is 4.51. The molecule has 0 fully saturated rings. The molecule has 10 nitrogen and oxygen atoms in total. The summed E-state index contributed by atoms with van der Waals surface area (Å²) in [6, 6.07) is 2.02. The molecule has 2 aromatic heterocycles. The molecule has 2 heterocycles. The molecule has 0 aliphatic rings. The van der Waals surface area contributed by atoms with E-state index >= 15 is 0 Å². The number of amides is 1. The standard InChI is InChI=1S/C30H42N4O6/c1-6-21(7-2)10-11-23(35)18-34-14-8-9-22(30(34)40)16-27(37)24(12-13-26(36)28(38)15-20(3)4)32-29(39)25-17-31-19-33(25)5/h8-9,14,17,19-21,24H,6-7,10-13,15-16,18H2,1-5H3,(H,32,39)/t24-/m0/s1. The fraction of sp³-hybridized carbons (Fsp3) is 0.567. The number of hydrogen-bond donors (Lipinski definition) is 1. The molecule has 1 amide bonds. The summed E-state index contributed by atoms with van der Waals surface area (Å²) in [6.45, 7) is 7.77. The maximum absolute atomic E-state index is 13.3. The Hall–Kier alpha value is -3.69. The Morgan fingerprint density at radius 1 is 1.00 bits per heavy atom. The van der Waals surface area contributed by atoms with Crippen molar-refractivity contribution in [3.63, 3.8) is 0 Å². The first-order valence-electron chi connectivity index (χ1n) is 14.0. The Morgan fingerprint density at radius 2 is 1.70 bits per heavy atom. The van der Waals surface area contributed by atoms with Gasteiger partial charge >= 0.3 is 0 Å². The molecule has 0 spiro atoms. The lowest BCUT2D eigenvalue weighted by molar-refractivity contribution is -0.137. The van der Waals surface area contributed by atoms with Crippen molar-refractivity contribution in [1.29, 1.82) is 0 Å². The molecule has 0 unspecified atom stereocenters. The third-order valence-electron chi connectivity index (χ3n) is 7.10. The van der Waals surface area contributed by atoms with E-state index in [4.69, 9.17) is 0 Å². The number of hydrogen-bond acceptors (Lipinski definition) is 7. The van der Waals surface area contributed by atoms with E-state index in [1.807, 2.05) is 13.8 Å². The zero-order valence-corrected chi connectivity index (χ0v) is 24.3. The number of rotatable bonds is 18. The van der Waals surface area contributed by atoms with Crippen LogP contribution >= 0.6 is 0 Å². The first-order valence-corrected chi connectivity index (χ1v) is 14.0. The largest absolute Gasteiger partial charge is 0.341 e. The SMILES string of the molecule is CCC(CC)CCC(=O)Cn1cccc(CC(=O)[C@H](CCC(=O)C(=O)CC(C)C)NC(=O)c2cncn2C)c1=O. The van der Waals surface area contributed by atoms with Crippen LogP contribution in [0.25, 0.3) is 0 Å². The number of carbonyl (C=O) groups is 5. The molecule has 0 aromatic carbocycles. The summed E-state index contributed by atoms with van der Waals surface area (Å²) in [5.74, 6) is -1.72. The van der Waals surface area contributed by atoms with Crippen molar-refractivity contribution in [3.05, 3.63) is 52.5 Å². The number of aromatic nitrogens is 3. The van der Waals surface area contributed by atoms with Crippen LogP contribution in [0.15, 0.2) is 35.6 Å². The van der Waals surface area contributed by atoms with Crippen molar-refractivity contribution < 1.29 is 24.0 Å². The third kappa shape index (κ3) is 9.81. The minimum atomic E-state index is -1.10. The lowest BCUT2D eigenvalue weighted by Crippen LogP contribution is -2.43. The minimum absolute atomic E-state index is 0.0188. The van der Waals surface area contributed by atoms with E-state index in [1.54, 1.807) is 13.1 Å². The molecule has 0 saturated heterocycles. The van der Waals surface area contributed by atoms with Crippen LogP contribution in [-0.4, -0.2) is 49.2 Å². The van der Waals surface area contributed by atoms with Crippen LogP contribution in [0.4, 0.5) is 0 Å². The van der Waals surface area contributed by atoms with E-state index in [9.17, 15) is 28.8 Å². The minimum Gasteiger partial charge on any atom is -0.341 e. The molecule has 1 atom stereocenters. The van der Waals surface area contributed by atoms with E-state index in [0.29, 0.717) is 12.3 Å². The first-order chi connectivity index (χ1) is 19.0. The quantitative estimate of drug-likeness (QED) is 0.279. The van der Waals surface area contributed by atoms with Gasteiger partial charge < -0.3 is 14.5 Å². The van der Waals surface area contributed by atoms with E-state index in [-0.39, 0.29) is 55.2 Å². The first kappa shape index (κ1) is 32.5. The number of Topliss-reactive ketones (excluding diaryl/α,β-unsaturated/α-hetero) is 4. The number of nitrogens with one attached hydrogen (secondary N) is 1. The number of imidazole rings is 1. The highest BCUT2D eigenvalue weighted by Gasteiger charge is 2.26. The van der Waals surface area contributed by atoms with Gasteiger partial charge in [0.1, 0.15) is 5.69 Å². The van der Waals surface area contributed by atoms with E-state index in [1.165, 1.54) is 33.9 Å². The van der Waals surface area contributed by atoms with Gasteiger partial charge in [-0.05, 0) is 30.7 Å². The summed E-state index contributed by atoms with van der Waals surface area (Å²) >= 11 is 0. The van der Waals surface area contributed by atoms with Gasteiger partial charge in [0.2, 0.25) is 0 Å². The molecule has 0 bridgehead atoms. The second-order valence-corrected chi connectivity index (χ2v) is 10.8. The number of nitrogens with zero attached hydrogens (tertiary/aromatic N) is 3. The molecule has 2 rings (SSSR count). The molecule has 218 valence electrons. The van der Waals surface area contributed by atoms with Crippen LogP contribution in [0.1, 0.15) is 88.7 Å². The molecule has 0 aliphatic carbocycles. The van der Waals surface area contributed by atoms with Gasteiger partial charge in [0.05, 0.1) is 25.1 Å². The number of carbonyl (C=O) groups excluding carboxylic acids is 5. The summed E-state index contributed by atoms with van der Waals surface area (Å²) in [6.07, 6.45) is 6.98. The zero-order chi connectivity index (χ0) is 29.8. The van der Waals surface area contributed by atoms with Gasteiger partial charge in [-0.25, -0.2) is 4.98 Å². The van der Waals surface area contributed by atoms with Crippen LogP contribution in [0, 0.1) is 11.8 Å². The highest BCUT2D eigenvalue weighted by atomic mass is 16.2. The van der Waals surface area contributed by atoms with Crippen LogP contribution in [0.3, 0.4) is 0 Å². The van der Waals surface area contributed by atoms with Crippen molar-refractivity contribution in [3.8, 4) is 0 Å². The average molecular weight is 555 g/mol. The second kappa shape index (κ2) is 15.8. The van der Waals surface area contributed by atoms with Crippen molar-refractivity contribution in [1.82, 2.24) is 19.4 Å². The van der Waals surface area contributed by atoms with Gasteiger partial charge in [0.25, 0.3) is 11.5 Å². The molecular weight excluding hydrogens is 512 g/mol. The van der Waals surface area contributed by atoms with E-state index in [2.05, 4.69) is 24.1 Å². The number of ketones is 4. The average Bonchev–Trinajstić information content (AvgIpc) is 3.34. The van der Waals surface area contributed by atoms with Crippen LogP contribution < -0.4 is 10.9 Å². The van der Waals surface area contributed by atoms with Gasteiger partial charge in [0.15, 0.2) is 23.1 Å². The molecule has 1 N–H and O–H groups in total. The highest BCUT2D eigenvalue weighted by Crippen LogP contribution is 2.15. The second-order valence-electron chi connectivity index (χ2n) is 10.8. The van der Waals surface area contributed by atoms with Gasteiger partial charge in [-0.1, -0.05) is 46.6 Å². The Morgan fingerprint density at radius 3 is 2.30 bits per heavy atom. The third-order valence-corrected chi connectivity index (χ3v) is 7.10. The Labute approximate surface area is 235 Å². The van der Waals surface area contributed by atoms with Crippen molar-refractivity contribution in [2.24, 2.45) is 18.9 Å². The van der Waals surface area contributed by atoms with E-state index < -0.39 is 34.9 Å². The summed E-state index contributed by atoms with van der Waals surface area (Å²) < 4.78 is 2.79. The lowest BCUT2D eigenvalue weighted by Gasteiger charge is -2.18. The summed E-state index contributed by atoms with van der Waals surface area (Å²) in [5, 5.41) is 2.64. The topological polar surface area (TPSA) is 137 Å². The van der Waals surface area contributed by atoms with Gasteiger partial charge in [-0.2, -0.15) is 0 Å². The Bertz CT molecular complexity index is 1250. The van der Waals surface area contributed by atoms with Crippen LogP contribution in [0.2, 0.25) is 0 Å². The Kier molecular flexibility index (Phi) is 12.8. The Balaban J connectivity index is 2.17. The predicted octanol–water partition coefficient (Wildman–Crippen LogP) is 3.24. The predicted molar refractivity (Wildman–Crippen MR) is 151 cm³/mol. The van der Waals surface area contributed by atoms with E-state index in [0.717, 1.165) is 19.3 Å². The summed E-state index contributed by atoms with van der Waals surface area (Å²) in [7, 11) is 1.63. The molecule has 40 heavy (non-hydrogen) atoms. The summed E-state index contributed by atoms with van der Waals surface area (Å²) in [5.41, 5.74) is -0.0529. The van der Waals surface area contributed by atoms with Gasteiger partial charge in [-0.3, -0.25) is 28.8 Å². The van der Waals surface area contributed by atoms with Crippen LogP contribution in [-0.2, 0) is 39.2 Å². The smallest absolute Gasteiger partial charge is 0.270 e. The van der Waals surface area contributed by atoms with Crippen molar-refractivity contribution in [2.45, 2.75) is 91.6 Å². The number of aryl methyl sites for hydroxylation is 1. The normalized spacial score (nSPS) is 12.0. The lowest BCUT2D eigenvalue weighted by atomic mass is 9.96. The van der Waals surface area contributed by atoms with Crippen molar-refractivity contribution in [2.75, 3.05) is 0 Å².